The third kappa shape index (κ3) is 3.99. The lowest BCUT2D eigenvalue weighted by Crippen LogP contribution is -2.15. The molecule has 1 rings (SSSR count). The summed E-state index contributed by atoms with van der Waals surface area (Å²) in [5.41, 5.74) is -4.42. The number of carbonyl (C=O) groups is 1. The van der Waals surface area contributed by atoms with Gasteiger partial charge in [0.25, 0.3) is 0 Å². The second kappa shape index (κ2) is 5.79. The predicted octanol–water partition coefficient (Wildman–Crippen LogP) is 4.30. The topological polar surface area (TPSA) is 26.3 Å². The van der Waals surface area contributed by atoms with Crippen LogP contribution in [0.4, 0.5) is 26.3 Å². The minimum absolute atomic E-state index is 0.141. The monoisotopic (exact) mass is 312 g/mol. The quantitative estimate of drug-likeness (QED) is 0.472. The maximum absolute atomic E-state index is 12.8. The molecule has 116 valence electrons. The highest BCUT2D eigenvalue weighted by molar-refractivity contribution is 6.16. The molecule has 0 amide bonds. The van der Waals surface area contributed by atoms with Crippen molar-refractivity contribution < 1.29 is 35.9 Å². The van der Waals surface area contributed by atoms with Gasteiger partial charge in [-0.15, -0.1) is 0 Å². The van der Waals surface area contributed by atoms with Crippen molar-refractivity contribution in [3.05, 3.63) is 41.5 Å². The number of benzene rings is 1. The Bertz CT molecular complexity index is 557. The van der Waals surface area contributed by atoms with E-state index in [9.17, 15) is 31.1 Å². The average molecular weight is 312 g/mol. The Morgan fingerprint density at radius 1 is 1.14 bits per heavy atom. The van der Waals surface area contributed by atoms with E-state index in [1.54, 1.807) is 0 Å². The molecule has 1 aromatic carbocycles. The van der Waals surface area contributed by atoms with Gasteiger partial charge in [-0.25, -0.2) is 4.79 Å². The Balaban J connectivity index is 3.43. The fourth-order valence-corrected chi connectivity index (χ4v) is 1.55. The van der Waals surface area contributed by atoms with Crippen LogP contribution in [0.3, 0.4) is 0 Å². The molecular weight excluding hydrogens is 302 g/mol. The number of halogens is 6. The molecule has 0 atom stereocenters. The number of hydrogen-bond donors (Lipinski definition) is 0. The molecule has 0 aromatic heterocycles. The highest BCUT2D eigenvalue weighted by Gasteiger charge is 2.38. The van der Waals surface area contributed by atoms with Crippen molar-refractivity contribution in [2.45, 2.75) is 19.3 Å². The van der Waals surface area contributed by atoms with Gasteiger partial charge in [0.15, 0.2) is 0 Å². The van der Waals surface area contributed by atoms with Crippen molar-refractivity contribution in [3.8, 4) is 0 Å². The summed E-state index contributed by atoms with van der Waals surface area (Å²) in [5.74, 6) is -1.21. The van der Waals surface area contributed by atoms with Crippen LogP contribution in [0.25, 0.3) is 5.57 Å². The van der Waals surface area contributed by atoms with E-state index in [1.807, 2.05) is 0 Å². The summed E-state index contributed by atoms with van der Waals surface area (Å²) in [6, 6.07) is 0.801. The molecule has 0 unspecified atom stereocenters. The van der Waals surface area contributed by atoms with Crippen molar-refractivity contribution in [2.75, 3.05) is 6.61 Å². The minimum Gasteiger partial charge on any atom is -0.462 e. The molecule has 1 aromatic rings. The van der Waals surface area contributed by atoms with E-state index in [0.29, 0.717) is 6.07 Å². The van der Waals surface area contributed by atoms with Gasteiger partial charge >= 0.3 is 18.3 Å². The van der Waals surface area contributed by atoms with Gasteiger partial charge in [0.1, 0.15) is 0 Å². The largest absolute Gasteiger partial charge is 0.462 e. The Morgan fingerprint density at radius 2 is 1.71 bits per heavy atom. The second-order valence-electron chi connectivity index (χ2n) is 3.95. The van der Waals surface area contributed by atoms with E-state index in [1.165, 1.54) is 6.92 Å². The molecule has 0 aliphatic heterocycles. The fourth-order valence-electron chi connectivity index (χ4n) is 1.55. The van der Waals surface area contributed by atoms with Crippen molar-refractivity contribution in [1.29, 1.82) is 0 Å². The first-order valence-electron chi connectivity index (χ1n) is 5.63. The summed E-state index contributed by atoms with van der Waals surface area (Å²) in [5, 5.41) is 0. The third-order valence-electron chi connectivity index (χ3n) is 2.50. The van der Waals surface area contributed by atoms with Gasteiger partial charge in [-0.2, -0.15) is 26.3 Å². The molecule has 0 saturated heterocycles. The van der Waals surface area contributed by atoms with Crippen LogP contribution in [0.1, 0.15) is 23.6 Å². The van der Waals surface area contributed by atoms with Crippen LogP contribution >= 0.6 is 0 Å². The molecule has 0 saturated carbocycles. The standard InChI is InChI=1S/C13H10F6O2/c1-3-21-11(20)7(2)9-6-8(12(14,15)16)4-5-10(9)13(17,18)19/h4-6H,2-3H2,1H3. The van der Waals surface area contributed by atoms with Gasteiger partial charge in [-0.3, -0.25) is 0 Å². The predicted molar refractivity (Wildman–Crippen MR) is 62.1 cm³/mol. The molecule has 0 fully saturated rings. The summed E-state index contributed by atoms with van der Waals surface area (Å²) in [6.07, 6.45) is -9.76. The number of carbonyl (C=O) groups excluding carboxylic acids is 1. The van der Waals surface area contributed by atoms with Gasteiger partial charge in [0, 0.05) is 5.56 Å². The van der Waals surface area contributed by atoms with Gasteiger partial charge < -0.3 is 4.74 Å². The van der Waals surface area contributed by atoms with Crippen LogP contribution in [0, 0.1) is 0 Å². The zero-order valence-electron chi connectivity index (χ0n) is 10.7. The number of ether oxygens (including phenoxy) is 1. The number of rotatable bonds is 3. The first-order chi connectivity index (χ1) is 9.48. The third-order valence-corrected chi connectivity index (χ3v) is 2.50. The Hall–Kier alpha value is -1.99. The molecule has 2 nitrogen and oxygen atoms in total. The zero-order chi connectivity index (χ0) is 16.4. The lowest BCUT2D eigenvalue weighted by molar-refractivity contribution is -0.142. The lowest BCUT2D eigenvalue weighted by Gasteiger charge is -2.16. The summed E-state index contributed by atoms with van der Waals surface area (Å²) in [6.45, 7) is 4.36. The van der Waals surface area contributed by atoms with Crippen LogP contribution in [-0.4, -0.2) is 12.6 Å². The van der Waals surface area contributed by atoms with Gasteiger partial charge in [0.2, 0.25) is 0 Å². The minimum atomic E-state index is -4.92. The van der Waals surface area contributed by atoms with Gasteiger partial charge in [-0.05, 0) is 25.1 Å². The lowest BCUT2D eigenvalue weighted by atomic mass is 9.97. The van der Waals surface area contributed by atoms with Crippen LogP contribution < -0.4 is 0 Å². The summed E-state index contributed by atoms with van der Waals surface area (Å²) in [4.78, 5) is 11.4. The first-order valence-corrected chi connectivity index (χ1v) is 5.63. The molecule has 0 bridgehead atoms. The number of esters is 1. The number of hydrogen-bond acceptors (Lipinski definition) is 2. The van der Waals surface area contributed by atoms with Crippen molar-refractivity contribution in [1.82, 2.24) is 0 Å². The smallest absolute Gasteiger partial charge is 0.417 e. The molecule has 8 heteroatoms. The maximum Gasteiger partial charge on any atom is 0.417 e. The first kappa shape index (κ1) is 17.1. The summed E-state index contributed by atoms with van der Waals surface area (Å²) >= 11 is 0. The molecule has 0 aliphatic carbocycles. The molecule has 0 radical (unpaired) electrons. The second-order valence-corrected chi connectivity index (χ2v) is 3.95. The van der Waals surface area contributed by atoms with Crippen molar-refractivity contribution >= 4 is 11.5 Å². The van der Waals surface area contributed by atoms with Gasteiger partial charge in [0.05, 0.1) is 23.3 Å². The Labute approximate surface area is 116 Å². The average Bonchev–Trinajstić information content (AvgIpc) is 2.35. The Morgan fingerprint density at radius 3 is 2.14 bits per heavy atom. The molecular formula is C13H10F6O2. The highest BCUT2D eigenvalue weighted by Crippen LogP contribution is 2.38. The summed E-state index contributed by atoms with van der Waals surface area (Å²) in [7, 11) is 0. The molecule has 0 heterocycles. The SMILES string of the molecule is C=C(C(=O)OCC)c1cc(C(F)(F)F)ccc1C(F)(F)F. The summed E-state index contributed by atoms with van der Waals surface area (Å²) < 4.78 is 80.6. The van der Waals surface area contributed by atoms with Crippen molar-refractivity contribution in [3.63, 3.8) is 0 Å². The van der Waals surface area contributed by atoms with Crippen LogP contribution in [0.5, 0.6) is 0 Å². The van der Waals surface area contributed by atoms with Crippen LogP contribution in [-0.2, 0) is 21.9 Å². The molecule has 0 aliphatic rings. The normalized spacial score (nSPS) is 12.1. The van der Waals surface area contributed by atoms with Gasteiger partial charge in [-0.1, -0.05) is 6.58 Å². The number of alkyl halides is 6. The Kier molecular flexibility index (Phi) is 4.70. The highest BCUT2D eigenvalue weighted by atomic mass is 19.4. The molecule has 0 spiro atoms. The molecule has 21 heavy (non-hydrogen) atoms. The molecule has 0 N–H and O–H groups in total. The van der Waals surface area contributed by atoms with Crippen LogP contribution in [0.2, 0.25) is 0 Å². The van der Waals surface area contributed by atoms with E-state index in [0.717, 1.165) is 0 Å². The van der Waals surface area contributed by atoms with Crippen molar-refractivity contribution in [2.24, 2.45) is 0 Å². The van der Waals surface area contributed by atoms with Crippen LogP contribution in [0.15, 0.2) is 24.8 Å². The maximum atomic E-state index is 12.8. The van der Waals surface area contributed by atoms with E-state index in [2.05, 4.69) is 11.3 Å². The van der Waals surface area contributed by atoms with E-state index in [-0.39, 0.29) is 18.7 Å². The zero-order valence-corrected chi connectivity index (χ0v) is 10.7. The van der Waals surface area contributed by atoms with E-state index in [4.69, 9.17) is 0 Å². The fraction of sp³-hybridized carbons (Fsp3) is 0.308. The van der Waals surface area contributed by atoms with E-state index >= 15 is 0 Å². The van der Waals surface area contributed by atoms with E-state index < -0.39 is 40.6 Å².